The molecular weight excluding hydrogens is 280 g/mol. The molecule has 1 N–H and O–H groups in total. The topological polar surface area (TPSA) is 50.8 Å². The van der Waals surface area contributed by atoms with Gasteiger partial charge in [0.15, 0.2) is 11.5 Å². The van der Waals surface area contributed by atoms with E-state index >= 15 is 0 Å². The summed E-state index contributed by atoms with van der Waals surface area (Å²) in [4.78, 5) is 14.1. The summed E-state index contributed by atoms with van der Waals surface area (Å²) < 4.78 is 10.7. The van der Waals surface area contributed by atoms with Crippen LogP contribution < -0.4 is 14.8 Å². The highest BCUT2D eigenvalue weighted by molar-refractivity contribution is 5.74. The van der Waals surface area contributed by atoms with Crippen LogP contribution in [0.15, 0.2) is 12.1 Å². The second kappa shape index (κ2) is 7.92. The van der Waals surface area contributed by atoms with E-state index in [1.54, 1.807) is 14.2 Å². The fraction of sp³-hybridized carbons (Fsp3) is 0.588. The summed E-state index contributed by atoms with van der Waals surface area (Å²) in [6.07, 6.45) is 4.20. The molecule has 0 spiro atoms. The van der Waals surface area contributed by atoms with Crippen LogP contribution in [-0.4, -0.2) is 38.2 Å². The molecule has 1 aliphatic heterocycles. The number of urea groups is 1. The van der Waals surface area contributed by atoms with Crippen LogP contribution in [0.5, 0.6) is 11.5 Å². The Hall–Kier alpha value is -1.91. The van der Waals surface area contributed by atoms with Crippen molar-refractivity contribution >= 4 is 6.03 Å². The lowest BCUT2D eigenvalue weighted by Crippen LogP contribution is -2.43. The molecule has 1 aromatic carbocycles. The third-order valence-electron chi connectivity index (χ3n) is 4.06. The van der Waals surface area contributed by atoms with E-state index in [2.05, 4.69) is 12.2 Å². The van der Waals surface area contributed by atoms with E-state index in [1.807, 2.05) is 17.0 Å². The average Bonchev–Trinajstić information content (AvgIpc) is 2.56. The molecule has 5 heteroatoms. The number of ether oxygens (including phenoxy) is 2. The second-order valence-corrected chi connectivity index (χ2v) is 5.59. The molecule has 1 heterocycles. The first-order chi connectivity index (χ1) is 10.7. The van der Waals surface area contributed by atoms with Crippen LogP contribution in [0.4, 0.5) is 4.79 Å². The summed E-state index contributed by atoms with van der Waals surface area (Å²) in [7, 11) is 3.27. The van der Waals surface area contributed by atoms with Crippen LogP contribution in [0.3, 0.4) is 0 Å². The number of benzene rings is 1. The normalized spacial score (nSPS) is 13.5. The van der Waals surface area contributed by atoms with E-state index in [0.29, 0.717) is 12.3 Å². The summed E-state index contributed by atoms with van der Waals surface area (Å²) in [5, 5.41) is 3.00. The Bertz CT molecular complexity index is 517. The van der Waals surface area contributed by atoms with Crippen LogP contribution in [0.2, 0.25) is 0 Å². The maximum absolute atomic E-state index is 12.2. The molecule has 0 saturated carbocycles. The number of hydrogen-bond acceptors (Lipinski definition) is 3. The highest BCUT2D eigenvalue weighted by atomic mass is 16.5. The van der Waals surface area contributed by atoms with Crippen molar-refractivity contribution < 1.29 is 14.3 Å². The van der Waals surface area contributed by atoms with Gasteiger partial charge >= 0.3 is 6.03 Å². The Kier molecular flexibility index (Phi) is 5.92. The van der Waals surface area contributed by atoms with Gasteiger partial charge in [-0.1, -0.05) is 19.8 Å². The first-order valence-corrected chi connectivity index (χ1v) is 7.96. The molecule has 1 aromatic rings. The lowest BCUT2D eigenvalue weighted by molar-refractivity contribution is 0.192. The van der Waals surface area contributed by atoms with E-state index in [4.69, 9.17) is 9.47 Å². The SMILES string of the molecule is CCCCCNC(=O)N1CCc2cc(OC)c(OC)cc2C1. The number of carbonyl (C=O) groups excluding carboxylic acids is 1. The van der Waals surface area contributed by atoms with Crippen LogP contribution in [-0.2, 0) is 13.0 Å². The Balaban J connectivity index is 2.00. The number of unbranched alkanes of at least 4 members (excludes halogenated alkanes) is 2. The molecule has 2 amide bonds. The van der Waals surface area contributed by atoms with Crippen molar-refractivity contribution in [2.24, 2.45) is 0 Å². The third kappa shape index (κ3) is 3.84. The Labute approximate surface area is 132 Å². The minimum atomic E-state index is 0.0246. The van der Waals surface area contributed by atoms with Gasteiger partial charge in [0, 0.05) is 19.6 Å². The van der Waals surface area contributed by atoms with Gasteiger partial charge in [0.2, 0.25) is 0 Å². The van der Waals surface area contributed by atoms with Gasteiger partial charge in [-0.2, -0.15) is 0 Å². The first kappa shape index (κ1) is 16.5. The molecule has 0 aliphatic carbocycles. The Morgan fingerprint density at radius 2 is 1.86 bits per heavy atom. The number of hydrogen-bond donors (Lipinski definition) is 1. The highest BCUT2D eigenvalue weighted by Gasteiger charge is 2.22. The lowest BCUT2D eigenvalue weighted by atomic mass is 9.99. The predicted octanol–water partition coefficient (Wildman–Crippen LogP) is 2.96. The number of fused-ring (bicyclic) bond motifs is 1. The summed E-state index contributed by atoms with van der Waals surface area (Å²) in [5.74, 6) is 1.46. The zero-order valence-electron chi connectivity index (χ0n) is 13.8. The lowest BCUT2D eigenvalue weighted by Gasteiger charge is -2.29. The van der Waals surface area contributed by atoms with Gasteiger partial charge < -0.3 is 19.7 Å². The number of carbonyl (C=O) groups is 1. The van der Waals surface area contributed by atoms with E-state index in [0.717, 1.165) is 50.1 Å². The smallest absolute Gasteiger partial charge is 0.317 e. The quantitative estimate of drug-likeness (QED) is 0.822. The standard InChI is InChI=1S/C17H26N2O3/c1-4-5-6-8-18-17(20)19-9-7-13-10-15(21-2)16(22-3)11-14(13)12-19/h10-11H,4-9,12H2,1-3H3,(H,18,20). The molecule has 122 valence electrons. The molecule has 0 bridgehead atoms. The Morgan fingerprint density at radius 1 is 1.18 bits per heavy atom. The predicted molar refractivity (Wildman–Crippen MR) is 86.6 cm³/mol. The van der Waals surface area contributed by atoms with Crippen molar-refractivity contribution in [2.45, 2.75) is 39.2 Å². The molecule has 0 unspecified atom stereocenters. The van der Waals surface area contributed by atoms with Crippen LogP contribution >= 0.6 is 0 Å². The zero-order chi connectivity index (χ0) is 15.9. The molecule has 0 fully saturated rings. The molecule has 22 heavy (non-hydrogen) atoms. The van der Waals surface area contributed by atoms with Gasteiger partial charge in [-0.05, 0) is 36.1 Å². The van der Waals surface area contributed by atoms with Gasteiger partial charge in [0.1, 0.15) is 0 Å². The van der Waals surface area contributed by atoms with Crippen LogP contribution in [0.1, 0.15) is 37.3 Å². The largest absolute Gasteiger partial charge is 0.493 e. The van der Waals surface area contributed by atoms with Gasteiger partial charge in [-0.3, -0.25) is 0 Å². The number of amides is 2. The van der Waals surface area contributed by atoms with Crippen molar-refractivity contribution in [1.29, 1.82) is 0 Å². The summed E-state index contributed by atoms with van der Waals surface area (Å²) in [6.45, 7) is 4.27. The summed E-state index contributed by atoms with van der Waals surface area (Å²) >= 11 is 0. The van der Waals surface area contributed by atoms with E-state index in [1.165, 1.54) is 5.56 Å². The van der Waals surface area contributed by atoms with Crippen LogP contribution in [0, 0.1) is 0 Å². The average molecular weight is 306 g/mol. The van der Waals surface area contributed by atoms with Gasteiger partial charge in [0.25, 0.3) is 0 Å². The van der Waals surface area contributed by atoms with E-state index < -0.39 is 0 Å². The highest BCUT2D eigenvalue weighted by Crippen LogP contribution is 2.33. The maximum Gasteiger partial charge on any atom is 0.317 e. The van der Waals surface area contributed by atoms with Gasteiger partial charge in [0.05, 0.1) is 14.2 Å². The van der Waals surface area contributed by atoms with E-state index in [-0.39, 0.29) is 6.03 Å². The molecule has 0 radical (unpaired) electrons. The maximum atomic E-state index is 12.2. The molecule has 2 rings (SSSR count). The number of methoxy groups -OCH3 is 2. The zero-order valence-corrected chi connectivity index (χ0v) is 13.8. The van der Waals surface area contributed by atoms with Crippen molar-refractivity contribution in [1.82, 2.24) is 10.2 Å². The van der Waals surface area contributed by atoms with Crippen molar-refractivity contribution in [2.75, 3.05) is 27.3 Å². The fourth-order valence-corrected chi connectivity index (χ4v) is 2.74. The summed E-state index contributed by atoms with van der Waals surface area (Å²) in [6, 6.07) is 4.02. The molecule has 0 saturated heterocycles. The Morgan fingerprint density at radius 3 is 2.50 bits per heavy atom. The number of nitrogens with one attached hydrogen (secondary N) is 1. The minimum absolute atomic E-state index is 0.0246. The van der Waals surface area contributed by atoms with Crippen molar-refractivity contribution in [3.8, 4) is 11.5 Å². The molecular formula is C17H26N2O3. The first-order valence-electron chi connectivity index (χ1n) is 7.96. The molecule has 0 atom stereocenters. The monoisotopic (exact) mass is 306 g/mol. The third-order valence-corrected chi connectivity index (χ3v) is 4.06. The second-order valence-electron chi connectivity index (χ2n) is 5.59. The number of nitrogens with zero attached hydrogens (tertiary/aromatic N) is 1. The molecule has 5 nitrogen and oxygen atoms in total. The van der Waals surface area contributed by atoms with Crippen molar-refractivity contribution in [3.05, 3.63) is 23.3 Å². The molecule has 1 aliphatic rings. The van der Waals surface area contributed by atoms with Gasteiger partial charge in [-0.15, -0.1) is 0 Å². The molecule has 0 aromatic heterocycles. The van der Waals surface area contributed by atoms with Crippen molar-refractivity contribution in [3.63, 3.8) is 0 Å². The fourth-order valence-electron chi connectivity index (χ4n) is 2.74. The summed E-state index contributed by atoms with van der Waals surface area (Å²) in [5.41, 5.74) is 2.36. The minimum Gasteiger partial charge on any atom is -0.493 e. The van der Waals surface area contributed by atoms with E-state index in [9.17, 15) is 4.79 Å². The van der Waals surface area contributed by atoms with Gasteiger partial charge in [-0.25, -0.2) is 4.79 Å². The number of rotatable bonds is 6. The van der Waals surface area contributed by atoms with Crippen LogP contribution in [0.25, 0.3) is 0 Å².